The van der Waals surface area contributed by atoms with Crippen LogP contribution in [0.3, 0.4) is 0 Å². The van der Waals surface area contributed by atoms with Crippen LogP contribution in [0.4, 0.5) is 0 Å². The predicted molar refractivity (Wildman–Crippen MR) is 106 cm³/mol. The fraction of sp³-hybridized carbons (Fsp3) is 0.273. The summed E-state index contributed by atoms with van der Waals surface area (Å²) in [6.07, 6.45) is 3.84. The van der Waals surface area contributed by atoms with Gasteiger partial charge in [0.2, 0.25) is 11.5 Å². The first-order valence-electron chi connectivity index (χ1n) is 8.66. The molecular weight excluding hydrogens is 360 g/mol. The number of ether oxygens (including phenoxy) is 6. The van der Waals surface area contributed by atoms with Gasteiger partial charge in [-0.05, 0) is 16.5 Å². The predicted octanol–water partition coefficient (Wildman–Crippen LogP) is 2.09. The highest BCUT2D eigenvalue weighted by Gasteiger charge is 2.25. The van der Waals surface area contributed by atoms with Gasteiger partial charge < -0.3 is 28.4 Å². The van der Waals surface area contributed by atoms with Gasteiger partial charge in [0.1, 0.15) is 0 Å². The standard InChI is InChI=1S/C22H24O6/c1-23-15-12-11-13-9-7-8-10-14(13)16-17(18(15)24-2)20(26-4)22(28-6)21(27-5)19(16)25-3/h7-12H,1-6H3. The first-order chi connectivity index (χ1) is 13.7. The van der Waals surface area contributed by atoms with Crippen LogP contribution in [0.5, 0.6) is 23.0 Å². The summed E-state index contributed by atoms with van der Waals surface area (Å²) in [7, 11) is 9.46. The lowest BCUT2D eigenvalue weighted by atomic mass is 10.0. The molecule has 0 aliphatic heterocycles. The molecule has 6 heteroatoms. The molecule has 0 amide bonds. The van der Waals surface area contributed by atoms with Crippen LogP contribution in [0.1, 0.15) is 0 Å². The van der Waals surface area contributed by atoms with Gasteiger partial charge in [0.15, 0.2) is 23.0 Å². The maximum atomic E-state index is 5.79. The van der Waals surface area contributed by atoms with E-state index in [0.29, 0.717) is 39.7 Å². The first-order valence-corrected chi connectivity index (χ1v) is 8.66. The first kappa shape index (κ1) is 19.5. The molecule has 0 N–H and O–H groups in total. The van der Waals surface area contributed by atoms with Crippen LogP contribution in [-0.2, 0) is 9.47 Å². The van der Waals surface area contributed by atoms with Crippen LogP contribution in [0.15, 0.2) is 36.1 Å². The van der Waals surface area contributed by atoms with Crippen molar-refractivity contribution in [3.63, 3.8) is 0 Å². The molecule has 28 heavy (non-hydrogen) atoms. The Morgan fingerprint density at radius 2 is 1.11 bits per heavy atom. The molecule has 2 aromatic rings. The van der Waals surface area contributed by atoms with Crippen molar-refractivity contribution in [2.75, 3.05) is 42.7 Å². The molecule has 1 aliphatic rings. The van der Waals surface area contributed by atoms with Crippen LogP contribution in [-0.4, -0.2) is 42.7 Å². The van der Waals surface area contributed by atoms with Crippen molar-refractivity contribution < 1.29 is 28.4 Å². The second kappa shape index (κ2) is 8.17. The lowest BCUT2D eigenvalue weighted by Gasteiger charge is -2.19. The molecule has 2 aromatic carbocycles. The number of hydrogen-bond donors (Lipinski definition) is 0. The Hall–Kier alpha value is -3.28. The van der Waals surface area contributed by atoms with Crippen molar-refractivity contribution in [2.45, 2.75) is 0 Å². The van der Waals surface area contributed by atoms with Gasteiger partial charge in [-0.2, -0.15) is 0 Å². The Morgan fingerprint density at radius 1 is 0.536 bits per heavy atom. The molecule has 148 valence electrons. The Kier molecular flexibility index (Phi) is 5.68. The van der Waals surface area contributed by atoms with E-state index in [1.54, 1.807) is 42.7 Å². The van der Waals surface area contributed by atoms with E-state index in [4.69, 9.17) is 28.4 Å². The number of allylic oxidation sites excluding steroid dienone is 1. The third-order valence-corrected chi connectivity index (χ3v) is 4.66. The van der Waals surface area contributed by atoms with Crippen LogP contribution in [0, 0.1) is 10.4 Å². The molecule has 1 aliphatic carbocycles. The fourth-order valence-corrected chi connectivity index (χ4v) is 3.49. The zero-order chi connectivity index (χ0) is 20.3. The molecule has 0 fully saturated rings. The minimum absolute atomic E-state index is 0.410. The van der Waals surface area contributed by atoms with Gasteiger partial charge in [-0.25, -0.2) is 0 Å². The van der Waals surface area contributed by atoms with E-state index in [1.165, 1.54) is 0 Å². The Morgan fingerprint density at radius 3 is 1.64 bits per heavy atom. The third-order valence-electron chi connectivity index (χ3n) is 4.66. The van der Waals surface area contributed by atoms with Crippen molar-refractivity contribution >= 4 is 11.8 Å². The van der Waals surface area contributed by atoms with E-state index in [-0.39, 0.29) is 0 Å². The molecule has 0 aromatic heterocycles. The van der Waals surface area contributed by atoms with E-state index in [1.807, 2.05) is 36.4 Å². The van der Waals surface area contributed by atoms with Gasteiger partial charge in [0, 0.05) is 5.22 Å². The number of rotatable bonds is 6. The summed E-state index contributed by atoms with van der Waals surface area (Å²) < 4.78 is 34.2. The largest absolute Gasteiger partial charge is 0.493 e. The maximum Gasteiger partial charge on any atom is 0.208 e. The summed E-state index contributed by atoms with van der Waals surface area (Å²) in [6, 6.07) is 7.97. The van der Waals surface area contributed by atoms with E-state index in [2.05, 4.69) is 0 Å². The lowest BCUT2D eigenvalue weighted by molar-refractivity contribution is 0.262. The molecule has 0 atom stereocenters. The molecule has 6 nitrogen and oxygen atoms in total. The normalized spacial score (nSPS) is 12.4. The number of benzene rings is 2. The average molecular weight is 384 g/mol. The van der Waals surface area contributed by atoms with Gasteiger partial charge in [0.05, 0.1) is 47.9 Å². The fourth-order valence-electron chi connectivity index (χ4n) is 3.49. The van der Waals surface area contributed by atoms with Gasteiger partial charge in [-0.1, -0.05) is 30.3 Å². The monoisotopic (exact) mass is 384 g/mol. The minimum atomic E-state index is 0.410. The van der Waals surface area contributed by atoms with Gasteiger partial charge in [-0.15, -0.1) is 0 Å². The quantitative estimate of drug-likeness (QED) is 0.760. The van der Waals surface area contributed by atoms with E-state index in [9.17, 15) is 0 Å². The molecule has 3 rings (SSSR count). The zero-order valence-corrected chi connectivity index (χ0v) is 16.9. The third kappa shape index (κ3) is 2.91. The summed E-state index contributed by atoms with van der Waals surface area (Å²) in [6.45, 7) is 0. The van der Waals surface area contributed by atoms with Crippen molar-refractivity contribution in [1.29, 1.82) is 0 Å². The molecule has 0 spiro atoms. The van der Waals surface area contributed by atoms with E-state index in [0.717, 1.165) is 15.7 Å². The molecule has 0 heterocycles. The van der Waals surface area contributed by atoms with Gasteiger partial charge in [0.25, 0.3) is 0 Å². The van der Waals surface area contributed by atoms with Crippen LogP contribution < -0.4 is 29.4 Å². The lowest BCUT2D eigenvalue weighted by Crippen LogP contribution is -2.21. The van der Waals surface area contributed by atoms with Crippen LogP contribution in [0.25, 0.3) is 11.8 Å². The molecule has 0 saturated carbocycles. The Balaban J connectivity index is 2.88. The minimum Gasteiger partial charge on any atom is -0.493 e. The summed E-state index contributed by atoms with van der Waals surface area (Å²) >= 11 is 0. The second-order valence-corrected chi connectivity index (χ2v) is 5.91. The second-order valence-electron chi connectivity index (χ2n) is 5.91. The summed E-state index contributed by atoms with van der Waals surface area (Å²) in [5.41, 5.74) is 0. The summed E-state index contributed by atoms with van der Waals surface area (Å²) in [5, 5.41) is 3.35. The van der Waals surface area contributed by atoms with Crippen molar-refractivity contribution in [3.8, 4) is 23.0 Å². The zero-order valence-electron chi connectivity index (χ0n) is 16.9. The average Bonchev–Trinajstić information content (AvgIpc) is 2.73. The molecular formula is C22H24O6. The van der Waals surface area contributed by atoms with Crippen LogP contribution in [0.2, 0.25) is 0 Å². The van der Waals surface area contributed by atoms with E-state index >= 15 is 0 Å². The molecule has 0 bridgehead atoms. The Labute approximate surface area is 163 Å². The number of methoxy groups -OCH3 is 6. The van der Waals surface area contributed by atoms with Gasteiger partial charge >= 0.3 is 0 Å². The number of hydrogen-bond acceptors (Lipinski definition) is 6. The Bertz CT molecular complexity index is 1130. The highest BCUT2D eigenvalue weighted by atomic mass is 16.5. The topological polar surface area (TPSA) is 55.4 Å². The molecule has 0 radical (unpaired) electrons. The van der Waals surface area contributed by atoms with Crippen LogP contribution >= 0.6 is 0 Å². The number of fused-ring (bicyclic) bond motifs is 2. The molecule has 0 saturated heterocycles. The summed E-state index contributed by atoms with van der Waals surface area (Å²) in [4.78, 5) is 0. The SMILES string of the molecule is COC1=CC=c2ccccc2=c2c(OC)c(OC)c(OC)c(OC)c2=C1OC. The van der Waals surface area contributed by atoms with Crippen molar-refractivity contribution in [1.82, 2.24) is 0 Å². The summed E-state index contributed by atoms with van der Waals surface area (Å²) in [5.74, 6) is 2.88. The highest BCUT2D eigenvalue weighted by molar-refractivity contribution is 5.69. The highest BCUT2D eigenvalue weighted by Crippen LogP contribution is 2.43. The van der Waals surface area contributed by atoms with Crippen molar-refractivity contribution in [2.24, 2.45) is 0 Å². The smallest absolute Gasteiger partial charge is 0.208 e. The van der Waals surface area contributed by atoms with Crippen molar-refractivity contribution in [3.05, 3.63) is 57.0 Å². The molecule has 0 unspecified atom stereocenters. The van der Waals surface area contributed by atoms with Gasteiger partial charge in [-0.3, -0.25) is 0 Å². The maximum absolute atomic E-state index is 5.79. The van der Waals surface area contributed by atoms with E-state index < -0.39 is 0 Å².